The first-order chi connectivity index (χ1) is 12.9. The first-order valence-corrected chi connectivity index (χ1v) is 8.68. The van der Waals surface area contributed by atoms with Crippen LogP contribution in [-0.2, 0) is 4.79 Å². The van der Waals surface area contributed by atoms with Gasteiger partial charge in [0.15, 0.2) is 12.0 Å². The van der Waals surface area contributed by atoms with Crippen LogP contribution < -0.4 is 16.8 Å². The second-order valence-corrected chi connectivity index (χ2v) is 6.30. The second kappa shape index (κ2) is 11.8. The van der Waals surface area contributed by atoms with Crippen molar-refractivity contribution < 1.29 is 55.2 Å². The van der Waals surface area contributed by atoms with Gasteiger partial charge in [0.1, 0.15) is 0 Å². The molecule has 1 atom stereocenters. The summed E-state index contributed by atoms with van der Waals surface area (Å²) in [5.41, 5.74) is 14.9. The monoisotopic (exact) mass is 598 g/mol. The van der Waals surface area contributed by atoms with E-state index in [0.29, 0.717) is 17.8 Å². The van der Waals surface area contributed by atoms with Crippen LogP contribution in [0.5, 0.6) is 0 Å². The van der Waals surface area contributed by atoms with Crippen LogP contribution in [-0.4, -0.2) is 17.4 Å². The number of Topliss-reactive ketones (excluding diaryl/α,β-unsaturated/α-hetero) is 1. The smallest absolute Gasteiger partial charge is 0.237 e. The zero-order chi connectivity index (χ0) is 19.8. The van der Waals surface area contributed by atoms with Gasteiger partial charge in [-0.15, -0.1) is 5.69 Å². The van der Waals surface area contributed by atoms with Crippen LogP contribution in [0.3, 0.4) is 0 Å². The maximum atomic E-state index is 11.8. The van der Waals surface area contributed by atoms with E-state index in [2.05, 4.69) is 5.32 Å². The molecule has 0 saturated heterocycles. The molecule has 0 radical (unpaired) electrons. The normalized spacial score (nSPS) is 13.1. The van der Waals surface area contributed by atoms with Gasteiger partial charge < -0.3 is 27.2 Å². The van der Waals surface area contributed by atoms with Gasteiger partial charge >= 0.3 is 0 Å². The summed E-state index contributed by atoms with van der Waals surface area (Å²) in [4.78, 5) is 11.8. The SMILES string of the molecule is CC(=O)/C(=C(/C)N)c1ccc([C@H](C[N-]c2ccccc2)[NH2+]/C=C(/N)O)cc1.[Th]. The van der Waals surface area contributed by atoms with E-state index >= 15 is 0 Å². The number of nitrogens with zero attached hydrogens (tertiary/aromatic N) is 1. The summed E-state index contributed by atoms with van der Waals surface area (Å²) in [6.45, 7) is 3.72. The van der Waals surface area contributed by atoms with E-state index in [1.54, 1.807) is 6.92 Å². The molecule has 2 aromatic rings. The van der Waals surface area contributed by atoms with Gasteiger partial charge in [-0.05, 0) is 19.4 Å². The molecule has 146 valence electrons. The van der Waals surface area contributed by atoms with Crippen molar-refractivity contribution in [2.45, 2.75) is 19.9 Å². The van der Waals surface area contributed by atoms with Gasteiger partial charge in [-0.25, -0.2) is 0 Å². The van der Waals surface area contributed by atoms with E-state index in [-0.39, 0.29) is 57.6 Å². The molecule has 2 rings (SSSR count). The van der Waals surface area contributed by atoms with Gasteiger partial charge in [0, 0.05) is 56.8 Å². The Balaban J connectivity index is 0.00000392. The molecule has 0 aromatic heterocycles. The molecule has 0 aliphatic heterocycles. The van der Waals surface area contributed by atoms with Crippen LogP contribution in [0.25, 0.3) is 10.9 Å². The van der Waals surface area contributed by atoms with Crippen molar-refractivity contribution in [2.75, 3.05) is 6.54 Å². The van der Waals surface area contributed by atoms with Crippen LogP contribution in [0.2, 0.25) is 0 Å². The third-order valence-corrected chi connectivity index (χ3v) is 4.10. The fraction of sp³-hybridized carbons (Fsp3) is 0.190. The summed E-state index contributed by atoms with van der Waals surface area (Å²) in [6, 6.07) is 17.2. The molecule has 0 unspecified atom stereocenters. The molecule has 6 nitrogen and oxygen atoms in total. The quantitative estimate of drug-likeness (QED) is 0.276. The Morgan fingerprint density at radius 2 is 1.71 bits per heavy atom. The molecule has 28 heavy (non-hydrogen) atoms. The number of benzene rings is 2. The summed E-state index contributed by atoms with van der Waals surface area (Å²) in [7, 11) is 0. The number of para-hydroxylation sites is 1. The van der Waals surface area contributed by atoms with Crippen LogP contribution in [0.15, 0.2) is 72.4 Å². The zero-order valence-electron chi connectivity index (χ0n) is 16.1. The standard InChI is InChI=1S/C21H25N4O2.Th/c1-14(22)21(15(2)26)17-10-8-16(9-11-17)19(25-13-20(23)27)12-24-18-6-4-3-5-7-18;/h3-11,13,19,25,27H,12,23H2,1-2H3,(H2,22,26);/q-1;/p+1/b20-13-;/t19-;/m0./s1. The average Bonchev–Trinajstić information content (AvgIpc) is 2.63. The number of carbonyl (C=O) groups excluding carboxylic acids is 1. The molecule has 7 N–H and O–H groups in total. The van der Waals surface area contributed by atoms with Crippen LogP contribution in [0.4, 0.5) is 5.69 Å². The largest absolute Gasteiger partial charge is 0.679 e. The molecule has 0 bridgehead atoms. The third kappa shape index (κ3) is 7.24. The minimum absolute atomic E-state index is 0. The van der Waals surface area contributed by atoms with Crippen molar-refractivity contribution in [3.05, 3.63) is 88.8 Å². The van der Waals surface area contributed by atoms with E-state index in [1.165, 1.54) is 13.1 Å². The number of allylic oxidation sites excluding steroid dienone is 2. The molecule has 0 spiro atoms. The number of quaternary nitrogens is 1. The number of ketones is 1. The number of aliphatic hydroxyl groups is 1. The van der Waals surface area contributed by atoms with E-state index in [4.69, 9.17) is 11.5 Å². The van der Waals surface area contributed by atoms with E-state index in [0.717, 1.165) is 16.8 Å². The van der Waals surface area contributed by atoms with E-state index in [1.807, 2.05) is 59.9 Å². The number of hydrogen-bond donors (Lipinski definition) is 4. The number of rotatable bonds is 8. The van der Waals surface area contributed by atoms with Crippen molar-refractivity contribution in [3.63, 3.8) is 0 Å². The molecular formula is C21H26N4O2Th. The van der Waals surface area contributed by atoms with Crippen LogP contribution in [0.1, 0.15) is 31.0 Å². The fourth-order valence-corrected chi connectivity index (χ4v) is 2.83. The Bertz CT molecular complexity index is 825. The van der Waals surface area contributed by atoms with E-state index < -0.39 is 0 Å². The first kappa shape index (κ1) is 24.1. The molecule has 0 fully saturated rings. The Kier molecular flexibility index (Phi) is 10.2. The molecule has 0 aliphatic carbocycles. The summed E-state index contributed by atoms with van der Waals surface area (Å²) in [6.07, 6.45) is 1.46. The summed E-state index contributed by atoms with van der Waals surface area (Å²) < 4.78 is 0. The van der Waals surface area contributed by atoms with Gasteiger partial charge in [0.2, 0.25) is 5.88 Å². The van der Waals surface area contributed by atoms with Gasteiger partial charge in [-0.2, -0.15) is 0 Å². The number of aliphatic hydroxyl groups excluding tert-OH is 1. The Labute approximate surface area is 197 Å². The maximum Gasteiger partial charge on any atom is 0.237 e. The van der Waals surface area contributed by atoms with Gasteiger partial charge in [-0.1, -0.05) is 61.1 Å². The van der Waals surface area contributed by atoms with Gasteiger partial charge in [-0.3, -0.25) is 4.79 Å². The first-order valence-electron chi connectivity index (χ1n) is 8.68. The van der Waals surface area contributed by atoms with Crippen molar-refractivity contribution >= 4 is 17.0 Å². The summed E-state index contributed by atoms with van der Waals surface area (Å²) in [5, 5.41) is 15.7. The van der Waals surface area contributed by atoms with Crippen molar-refractivity contribution in [3.8, 4) is 0 Å². The number of carbonyl (C=O) groups is 1. The van der Waals surface area contributed by atoms with Crippen molar-refractivity contribution in [1.29, 1.82) is 0 Å². The third-order valence-electron chi connectivity index (χ3n) is 4.10. The number of nitrogens with two attached hydrogens (primary N) is 3. The van der Waals surface area contributed by atoms with Crippen LogP contribution >= 0.6 is 0 Å². The molecule has 0 heterocycles. The maximum absolute atomic E-state index is 11.8. The number of hydrogen-bond acceptors (Lipinski definition) is 4. The van der Waals surface area contributed by atoms with Gasteiger partial charge in [0.05, 0.1) is 6.04 Å². The molecule has 0 aliphatic rings. The predicted molar refractivity (Wildman–Crippen MR) is 108 cm³/mol. The molecule has 0 saturated carbocycles. The minimum Gasteiger partial charge on any atom is -0.679 e. The molecule has 0 amide bonds. The fourth-order valence-electron chi connectivity index (χ4n) is 2.83. The second-order valence-electron chi connectivity index (χ2n) is 6.30. The predicted octanol–water partition coefficient (Wildman–Crippen LogP) is 2.59. The molecule has 7 heteroatoms. The summed E-state index contributed by atoms with van der Waals surface area (Å²) in [5.74, 6) is -0.321. The Morgan fingerprint density at radius 3 is 2.21 bits per heavy atom. The van der Waals surface area contributed by atoms with Gasteiger partial charge in [0.25, 0.3) is 0 Å². The topological polar surface area (TPSA) is 120 Å². The van der Waals surface area contributed by atoms with Crippen molar-refractivity contribution in [2.24, 2.45) is 11.5 Å². The van der Waals surface area contributed by atoms with Crippen molar-refractivity contribution in [1.82, 2.24) is 0 Å². The summed E-state index contributed by atoms with van der Waals surface area (Å²) >= 11 is 0. The minimum atomic E-state index is -0.253. The average molecular weight is 599 g/mol. The van der Waals surface area contributed by atoms with Crippen LogP contribution in [0, 0.1) is 39.9 Å². The Morgan fingerprint density at radius 1 is 1.11 bits per heavy atom. The Hall–Kier alpha value is -1.93. The molecule has 2 aromatic carbocycles. The zero-order valence-corrected chi connectivity index (χ0v) is 20.2. The molecular weight excluding hydrogens is 572 g/mol. The van der Waals surface area contributed by atoms with E-state index in [9.17, 15) is 9.90 Å².